The molecule has 0 saturated heterocycles. The number of rotatable bonds is 47. The normalized spacial score (nSPS) is 12.0. The number of benzene rings is 2. The van der Waals surface area contributed by atoms with E-state index in [4.69, 9.17) is 0 Å². The lowest BCUT2D eigenvalue weighted by atomic mass is 10.0. The van der Waals surface area contributed by atoms with Crippen LogP contribution in [0.1, 0.15) is 264 Å². The quantitative estimate of drug-likeness (QED) is 0.0312. The van der Waals surface area contributed by atoms with E-state index in [2.05, 4.69) is 143 Å². The molecule has 3 heterocycles. The number of carbonyl (C=O) groups is 2. The van der Waals surface area contributed by atoms with Crippen LogP contribution < -0.4 is 14.5 Å². The van der Waals surface area contributed by atoms with Gasteiger partial charge >= 0.3 is 0 Å². The van der Waals surface area contributed by atoms with Gasteiger partial charge in [0.2, 0.25) is 11.8 Å². The first kappa shape index (κ1) is 64.3. The van der Waals surface area contributed by atoms with Gasteiger partial charge in [0.15, 0.2) is 24.8 Å². The third-order valence-electron chi connectivity index (χ3n) is 16.9. The van der Waals surface area contributed by atoms with Gasteiger partial charge in [-0.2, -0.15) is 0 Å². The molecule has 3 aromatic heterocycles. The zero-order valence-corrected chi connectivity index (χ0v) is 50.5. The number of nitrogens with zero attached hydrogens (tertiary/aromatic N) is 4. The van der Waals surface area contributed by atoms with Gasteiger partial charge in [0.05, 0.1) is 0 Å². The van der Waals surface area contributed by atoms with Crippen molar-refractivity contribution in [2.75, 3.05) is 13.1 Å². The summed E-state index contributed by atoms with van der Waals surface area (Å²) in [6, 6.07) is 23.5. The van der Waals surface area contributed by atoms with E-state index in [1.807, 2.05) is 0 Å². The number of aromatic nitrogens is 3. The lowest BCUT2D eigenvalue weighted by Gasteiger charge is -2.28. The fraction of sp³-hybridized carbons (Fsp3) is 0.662. The smallest absolute Gasteiger partial charge is 0.245 e. The van der Waals surface area contributed by atoms with Crippen LogP contribution in [0, 0.1) is 0 Å². The molecular formula is C71H113N5O2+2. The molecule has 0 aliphatic rings. The van der Waals surface area contributed by atoms with Crippen molar-refractivity contribution in [3.05, 3.63) is 97.1 Å². The summed E-state index contributed by atoms with van der Waals surface area (Å²) in [5.74, 6) is 0.0901. The molecular weight excluding hydrogens is 955 g/mol. The first-order chi connectivity index (χ1) is 38.4. The van der Waals surface area contributed by atoms with E-state index in [1.54, 1.807) is 0 Å². The highest BCUT2D eigenvalue weighted by atomic mass is 16.2. The van der Waals surface area contributed by atoms with Crippen LogP contribution in [-0.2, 0) is 35.6 Å². The zero-order valence-electron chi connectivity index (χ0n) is 50.5. The van der Waals surface area contributed by atoms with E-state index in [9.17, 15) is 4.79 Å². The molecule has 2 aromatic carbocycles. The Labute approximate surface area is 477 Å². The topological polar surface area (TPSA) is 62.1 Å². The molecule has 432 valence electrons. The van der Waals surface area contributed by atoms with Gasteiger partial charge in [0, 0.05) is 85.0 Å². The lowest BCUT2D eigenvalue weighted by molar-refractivity contribution is -0.697. The fourth-order valence-electron chi connectivity index (χ4n) is 11.9. The summed E-state index contributed by atoms with van der Waals surface area (Å²) < 4.78 is 6.81. The molecule has 0 spiro atoms. The van der Waals surface area contributed by atoms with E-state index in [1.165, 1.54) is 213 Å². The second kappa shape index (κ2) is 40.6. The second-order valence-electron chi connectivity index (χ2n) is 23.4. The summed E-state index contributed by atoms with van der Waals surface area (Å²) in [6.07, 6.45) is 55.1. The van der Waals surface area contributed by atoms with Crippen LogP contribution in [0.2, 0.25) is 0 Å². The van der Waals surface area contributed by atoms with Crippen molar-refractivity contribution in [1.82, 2.24) is 14.8 Å². The number of carbonyl (C=O) groups excluding carboxylic acids is 2. The minimum atomic E-state index is -0.595. The number of fused-ring (bicyclic) bond motifs is 3. The van der Waals surface area contributed by atoms with Crippen LogP contribution in [0.4, 0.5) is 0 Å². The molecule has 0 radical (unpaired) electrons. The number of unbranched alkanes of at least 4 members (excludes halogenated alkanes) is 32. The molecule has 0 fully saturated rings. The Bertz CT molecular complexity index is 2280. The van der Waals surface area contributed by atoms with Gasteiger partial charge in [-0.05, 0) is 74.4 Å². The number of hydrogen-bond acceptors (Lipinski definition) is 2. The zero-order chi connectivity index (χ0) is 55.1. The van der Waals surface area contributed by atoms with Crippen molar-refractivity contribution in [3.8, 4) is 11.1 Å². The van der Waals surface area contributed by atoms with Gasteiger partial charge in [0.1, 0.15) is 19.1 Å². The van der Waals surface area contributed by atoms with E-state index in [0.29, 0.717) is 12.8 Å². The average Bonchev–Trinajstić information content (AvgIpc) is 3.83. The van der Waals surface area contributed by atoms with E-state index in [-0.39, 0.29) is 11.8 Å². The highest BCUT2D eigenvalue weighted by Crippen LogP contribution is 2.30. The molecule has 1 unspecified atom stereocenters. The number of para-hydroxylation sites is 1. The van der Waals surface area contributed by atoms with Gasteiger partial charge in [-0.3, -0.25) is 9.59 Å². The molecule has 7 heteroatoms. The van der Waals surface area contributed by atoms with Crippen LogP contribution in [0.15, 0.2) is 91.5 Å². The first-order valence-corrected chi connectivity index (χ1v) is 33.0. The molecule has 5 rings (SSSR count). The summed E-state index contributed by atoms with van der Waals surface area (Å²) in [6.45, 7) is 13.3. The van der Waals surface area contributed by atoms with E-state index >= 15 is 4.79 Å². The molecule has 1 N–H and O–H groups in total. The number of hydrogen-bond donors (Lipinski definition) is 1. The maximum Gasteiger partial charge on any atom is 0.245 e. The molecule has 0 saturated carbocycles. The largest absolute Gasteiger partial charge is 0.344 e. The van der Waals surface area contributed by atoms with Crippen LogP contribution in [0.25, 0.3) is 32.9 Å². The van der Waals surface area contributed by atoms with Gasteiger partial charge in [-0.25, -0.2) is 9.13 Å². The van der Waals surface area contributed by atoms with Crippen LogP contribution in [0.3, 0.4) is 0 Å². The molecule has 5 aromatic rings. The van der Waals surface area contributed by atoms with Gasteiger partial charge in [0.25, 0.3) is 0 Å². The predicted molar refractivity (Wildman–Crippen MR) is 333 cm³/mol. The maximum atomic E-state index is 15.1. The third-order valence-corrected chi connectivity index (χ3v) is 16.9. The Morgan fingerprint density at radius 1 is 0.462 bits per heavy atom. The van der Waals surface area contributed by atoms with E-state index in [0.717, 1.165) is 83.2 Å². The fourth-order valence-corrected chi connectivity index (χ4v) is 11.9. The Kier molecular flexibility index (Phi) is 33.5. The summed E-state index contributed by atoms with van der Waals surface area (Å²) >= 11 is 0. The van der Waals surface area contributed by atoms with Crippen molar-refractivity contribution in [1.29, 1.82) is 0 Å². The van der Waals surface area contributed by atoms with Gasteiger partial charge in [-0.1, -0.05) is 231 Å². The van der Waals surface area contributed by atoms with Crippen LogP contribution >= 0.6 is 0 Å². The molecule has 2 amide bonds. The summed E-state index contributed by atoms with van der Waals surface area (Å²) in [5.41, 5.74) is 6.01. The Morgan fingerprint density at radius 2 is 0.885 bits per heavy atom. The molecule has 1 atom stereocenters. The van der Waals surface area contributed by atoms with Crippen molar-refractivity contribution in [2.24, 2.45) is 0 Å². The molecule has 0 aliphatic carbocycles. The first-order valence-electron chi connectivity index (χ1n) is 33.0. The maximum absolute atomic E-state index is 15.1. The minimum absolute atomic E-state index is 0.00829. The summed E-state index contributed by atoms with van der Waals surface area (Å²) in [4.78, 5) is 31.2. The monoisotopic (exact) mass is 1070 g/mol. The third kappa shape index (κ3) is 24.9. The second-order valence-corrected chi connectivity index (χ2v) is 23.4. The van der Waals surface area contributed by atoms with Crippen LogP contribution in [0.5, 0.6) is 0 Å². The van der Waals surface area contributed by atoms with Crippen molar-refractivity contribution < 1.29 is 18.7 Å². The van der Waals surface area contributed by atoms with Crippen molar-refractivity contribution in [2.45, 2.75) is 291 Å². The Morgan fingerprint density at radius 3 is 1.35 bits per heavy atom. The highest BCUT2D eigenvalue weighted by molar-refractivity contribution is 6.08. The summed E-state index contributed by atoms with van der Waals surface area (Å²) in [5, 5.41) is 5.82. The summed E-state index contributed by atoms with van der Waals surface area (Å²) in [7, 11) is 0. The van der Waals surface area contributed by atoms with E-state index < -0.39 is 6.04 Å². The highest BCUT2D eigenvalue weighted by Gasteiger charge is 2.27. The number of aryl methyl sites for hydroxylation is 3. The predicted octanol–water partition coefficient (Wildman–Crippen LogP) is 18.7. The van der Waals surface area contributed by atoms with Crippen molar-refractivity contribution in [3.63, 3.8) is 0 Å². The van der Waals surface area contributed by atoms with Gasteiger partial charge in [-0.15, -0.1) is 0 Å². The molecule has 0 bridgehead atoms. The number of pyridine rings is 2. The minimum Gasteiger partial charge on any atom is -0.344 e. The standard InChI is InChI=1S/C71H112N5O2/c1-5-9-11-13-15-17-19-21-23-25-27-29-31-33-35-42-54-75(55-43-36-34-32-30-28-26-24-22-20-18-16-14-12-10-6-2)71(78)67(61-62-47-48-69-66(60-62)65-44-39-40-45-68(65)76(69)8-4)72-70(77)46-38-37-41-53-74-58-51-64(52-59-74)63-49-56-73(7-3)57-50-63/h39-40,44-45,47-52,56-60,67H,5-38,41-43,46,53-55,61H2,1-4H3/q+1/p+1. The Balaban J connectivity index is 1.15. The van der Waals surface area contributed by atoms with Gasteiger partial charge < -0.3 is 14.8 Å². The lowest BCUT2D eigenvalue weighted by Crippen LogP contribution is -2.50. The molecule has 7 nitrogen and oxygen atoms in total. The number of amides is 2. The molecule has 0 aliphatic heterocycles. The molecule has 78 heavy (non-hydrogen) atoms. The Hall–Kier alpha value is -4.52. The average molecular weight is 1070 g/mol. The van der Waals surface area contributed by atoms with Crippen molar-refractivity contribution >= 4 is 33.6 Å². The number of nitrogens with one attached hydrogen (secondary N) is 1. The van der Waals surface area contributed by atoms with Crippen LogP contribution in [-0.4, -0.2) is 40.4 Å². The SMILES string of the molecule is CCCCCCCCCCCCCCCCCCN(CCCCCCCCCCCCCCCCCC)C(=O)C(Cc1ccc2c(c1)c1ccccc1n2CC)NC(=O)CCCCC[n+]1ccc(-c2cc[n+](CC)cc2)cc1.